The van der Waals surface area contributed by atoms with Crippen LogP contribution in [0.3, 0.4) is 0 Å². The molecule has 0 unspecified atom stereocenters. The summed E-state index contributed by atoms with van der Waals surface area (Å²) in [5.74, 6) is 0.943. The number of nitrogens with zero attached hydrogens (tertiary/aromatic N) is 4. The average Bonchev–Trinajstić information content (AvgIpc) is 2.92. The van der Waals surface area contributed by atoms with Crippen LogP contribution in [-0.2, 0) is 23.1 Å². The molecule has 0 atom stereocenters. The molecule has 22 heavy (non-hydrogen) atoms. The molecule has 0 amide bonds. The molecule has 0 saturated heterocycles. The minimum Gasteiger partial charge on any atom is -0.475 e. The smallest absolute Gasteiger partial charge is 0.242 e. The van der Waals surface area contributed by atoms with Crippen LogP contribution in [0.1, 0.15) is 26.6 Å². The fourth-order valence-electron chi connectivity index (χ4n) is 1.76. The second-order valence-electron chi connectivity index (χ2n) is 4.86. The zero-order valence-corrected chi connectivity index (χ0v) is 13.5. The van der Waals surface area contributed by atoms with E-state index in [1.165, 1.54) is 18.3 Å². The molecular weight excluding hydrogens is 306 g/mol. The SMILES string of the molecule is CCn1cnnc1CNS(=O)(=O)c1ccc(OC(C)C)nc1. The highest BCUT2D eigenvalue weighted by molar-refractivity contribution is 7.89. The molecule has 8 nitrogen and oxygen atoms in total. The van der Waals surface area contributed by atoms with E-state index < -0.39 is 10.0 Å². The zero-order chi connectivity index (χ0) is 16.2. The van der Waals surface area contributed by atoms with E-state index in [0.717, 1.165) is 0 Å². The maximum atomic E-state index is 12.2. The van der Waals surface area contributed by atoms with E-state index >= 15 is 0 Å². The lowest BCUT2D eigenvalue weighted by atomic mass is 10.4. The summed E-state index contributed by atoms with van der Waals surface area (Å²) in [5, 5.41) is 7.64. The molecule has 0 saturated carbocycles. The van der Waals surface area contributed by atoms with Gasteiger partial charge in [-0.3, -0.25) is 0 Å². The second kappa shape index (κ2) is 6.84. The first-order valence-corrected chi connectivity index (χ1v) is 8.39. The van der Waals surface area contributed by atoms with Crippen molar-refractivity contribution in [3.63, 3.8) is 0 Å². The fraction of sp³-hybridized carbons (Fsp3) is 0.462. The summed E-state index contributed by atoms with van der Waals surface area (Å²) in [5.41, 5.74) is 0. The van der Waals surface area contributed by atoms with Crippen LogP contribution in [0.15, 0.2) is 29.6 Å². The molecule has 0 fully saturated rings. The normalized spacial score (nSPS) is 11.8. The molecule has 9 heteroatoms. The third-order valence-corrected chi connectivity index (χ3v) is 4.22. The molecule has 0 aliphatic rings. The molecule has 0 bridgehead atoms. The first-order valence-electron chi connectivity index (χ1n) is 6.91. The molecule has 2 heterocycles. The molecule has 2 aromatic rings. The van der Waals surface area contributed by atoms with Crippen molar-refractivity contribution >= 4 is 10.0 Å². The van der Waals surface area contributed by atoms with Gasteiger partial charge in [-0.15, -0.1) is 10.2 Å². The first-order chi connectivity index (χ1) is 10.4. The summed E-state index contributed by atoms with van der Waals surface area (Å²) >= 11 is 0. The number of aromatic nitrogens is 4. The maximum absolute atomic E-state index is 12.2. The van der Waals surface area contributed by atoms with Gasteiger partial charge in [0.05, 0.1) is 18.8 Å². The van der Waals surface area contributed by atoms with Gasteiger partial charge in [-0.05, 0) is 26.8 Å². The number of rotatable bonds is 7. The third kappa shape index (κ3) is 4.01. The highest BCUT2D eigenvalue weighted by atomic mass is 32.2. The molecule has 2 aromatic heterocycles. The Morgan fingerprint density at radius 1 is 1.36 bits per heavy atom. The van der Waals surface area contributed by atoms with Crippen LogP contribution in [-0.4, -0.2) is 34.3 Å². The molecule has 0 aliphatic heterocycles. The Balaban J connectivity index is 2.07. The van der Waals surface area contributed by atoms with Gasteiger partial charge in [0.1, 0.15) is 17.0 Å². The monoisotopic (exact) mass is 325 g/mol. The van der Waals surface area contributed by atoms with Crippen molar-refractivity contribution in [1.29, 1.82) is 0 Å². The van der Waals surface area contributed by atoms with Crippen LogP contribution in [0.25, 0.3) is 0 Å². The van der Waals surface area contributed by atoms with Gasteiger partial charge in [-0.1, -0.05) is 0 Å². The van der Waals surface area contributed by atoms with E-state index in [1.54, 1.807) is 10.9 Å². The standard InChI is InChI=1S/C13H19N5O3S/c1-4-18-9-15-17-12(18)8-16-22(19,20)11-5-6-13(14-7-11)21-10(2)3/h5-7,9-10,16H,4,8H2,1-3H3. The van der Waals surface area contributed by atoms with Crippen molar-refractivity contribution in [2.24, 2.45) is 0 Å². The Hall–Kier alpha value is -2.00. The Labute approximate surface area is 129 Å². The number of aryl methyl sites for hydroxylation is 1. The zero-order valence-electron chi connectivity index (χ0n) is 12.7. The molecule has 0 radical (unpaired) electrons. The number of nitrogens with one attached hydrogen (secondary N) is 1. The minimum atomic E-state index is -3.66. The van der Waals surface area contributed by atoms with Gasteiger partial charge in [0.15, 0.2) is 0 Å². The van der Waals surface area contributed by atoms with Crippen LogP contribution < -0.4 is 9.46 Å². The Kier molecular flexibility index (Phi) is 5.09. The van der Waals surface area contributed by atoms with Crippen molar-refractivity contribution < 1.29 is 13.2 Å². The number of pyridine rings is 1. The van der Waals surface area contributed by atoms with E-state index in [1.807, 2.05) is 20.8 Å². The van der Waals surface area contributed by atoms with E-state index in [0.29, 0.717) is 18.2 Å². The van der Waals surface area contributed by atoms with Crippen molar-refractivity contribution in [2.75, 3.05) is 0 Å². The van der Waals surface area contributed by atoms with Gasteiger partial charge in [0.25, 0.3) is 0 Å². The van der Waals surface area contributed by atoms with Gasteiger partial charge in [-0.25, -0.2) is 18.1 Å². The molecule has 0 spiro atoms. The van der Waals surface area contributed by atoms with E-state index in [-0.39, 0.29) is 17.5 Å². The Bertz CT molecular complexity index is 710. The largest absolute Gasteiger partial charge is 0.475 e. The van der Waals surface area contributed by atoms with Crippen molar-refractivity contribution in [1.82, 2.24) is 24.5 Å². The van der Waals surface area contributed by atoms with Gasteiger partial charge in [0, 0.05) is 12.6 Å². The maximum Gasteiger partial charge on any atom is 0.242 e. The Morgan fingerprint density at radius 3 is 2.73 bits per heavy atom. The van der Waals surface area contributed by atoms with Gasteiger partial charge in [-0.2, -0.15) is 0 Å². The fourth-order valence-corrected chi connectivity index (χ4v) is 2.68. The summed E-state index contributed by atoms with van der Waals surface area (Å²) in [6.45, 7) is 6.42. The van der Waals surface area contributed by atoms with E-state index in [9.17, 15) is 8.42 Å². The molecule has 2 rings (SSSR count). The van der Waals surface area contributed by atoms with E-state index in [4.69, 9.17) is 4.74 Å². The predicted octanol–water partition coefficient (Wildman–Crippen LogP) is 0.959. The van der Waals surface area contributed by atoms with Crippen LogP contribution >= 0.6 is 0 Å². The van der Waals surface area contributed by atoms with Gasteiger partial charge < -0.3 is 9.30 Å². The number of sulfonamides is 1. The third-order valence-electron chi connectivity index (χ3n) is 2.83. The number of hydrogen-bond donors (Lipinski definition) is 1. The summed E-state index contributed by atoms with van der Waals surface area (Å²) in [6, 6.07) is 2.99. The van der Waals surface area contributed by atoms with Crippen molar-refractivity contribution in [3.05, 3.63) is 30.5 Å². The Morgan fingerprint density at radius 2 is 2.14 bits per heavy atom. The van der Waals surface area contributed by atoms with Gasteiger partial charge in [0.2, 0.25) is 15.9 Å². The van der Waals surface area contributed by atoms with Gasteiger partial charge >= 0.3 is 0 Å². The lowest BCUT2D eigenvalue weighted by Crippen LogP contribution is -2.25. The summed E-state index contributed by atoms with van der Waals surface area (Å²) < 4.78 is 34.1. The predicted molar refractivity (Wildman–Crippen MR) is 79.7 cm³/mol. The first kappa shape index (κ1) is 16.4. The molecule has 120 valence electrons. The average molecular weight is 325 g/mol. The van der Waals surface area contributed by atoms with Crippen molar-refractivity contribution in [3.8, 4) is 5.88 Å². The van der Waals surface area contributed by atoms with Crippen molar-refractivity contribution in [2.45, 2.75) is 44.9 Å². The lowest BCUT2D eigenvalue weighted by Gasteiger charge is -2.10. The molecule has 0 aromatic carbocycles. The lowest BCUT2D eigenvalue weighted by molar-refractivity contribution is 0.232. The summed E-state index contributed by atoms with van der Waals surface area (Å²) in [4.78, 5) is 4.06. The second-order valence-corrected chi connectivity index (χ2v) is 6.62. The quantitative estimate of drug-likeness (QED) is 0.814. The molecular formula is C13H19N5O3S. The number of hydrogen-bond acceptors (Lipinski definition) is 6. The highest BCUT2D eigenvalue weighted by Crippen LogP contribution is 2.13. The minimum absolute atomic E-state index is 0.0199. The van der Waals surface area contributed by atoms with E-state index in [2.05, 4.69) is 19.9 Å². The van der Waals surface area contributed by atoms with Crippen LogP contribution in [0.5, 0.6) is 5.88 Å². The number of ether oxygens (including phenoxy) is 1. The summed E-state index contributed by atoms with van der Waals surface area (Å²) in [6.07, 6.45) is 2.81. The topological polar surface area (TPSA) is 99.0 Å². The summed E-state index contributed by atoms with van der Waals surface area (Å²) in [7, 11) is -3.66. The van der Waals surface area contributed by atoms with Crippen LogP contribution in [0.4, 0.5) is 0 Å². The van der Waals surface area contributed by atoms with Crippen LogP contribution in [0.2, 0.25) is 0 Å². The molecule has 0 aliphatic carbocycles. The van der Waals surface area contributed by atoms with Crippen LogP contribution in [0, 0.1) is 0 Å². The molecule has 1 N–H and O–H groups in total. The highest BCUT2D eigenvalue weighted by Gasteiger charge is 2.16.